The maximum absolute atomic E-state index is 14.5. The average molecular weight is 448 g/mol. The topological polar surface area (TPSA) is 86.8 Å². The number of phenolic OH excluding ortho intramolecular Hbond substituents is 1. The highest BCUT2D eigenvalue weighted by molar-refractivity contribution is 6.31. The minimum atomic E-state index is -0.533. The predicted molar refractivity (Wildman–Crippen MR) is 127 cm³/mol. The Morgan fingerprint density at radius 1 is 1.12 bits per heavy atom. The van der Waals surface area contributed by atoms with E-state index in [0.717, 1.165) is 27.7 Å². The fourth-order valence-corrected chi connectivity index (χ4v) is 4.17. The van der Waals surface area contributed by atoms with Crippen molar-refractivity contribution in [2.45, 2.75) is 6.92 Å². The third-order valence-corrected chi connectivity index (χ3v) is 5.81. The van der Waals surface area contributed by atoms with E-state index in [1.807, 2.05) is 36.1 Å². The monoisotopic (exact) mass is 447 g/mol. The van der Waals surface area contributed by atoms with Crippen molar-refractivity contribution >= 4 is 51.1 Å². The molecule has 3 aromatic carbocycles. The van der Waals surface area contributed by atoms with Gasteiger partial charge in [0, 0.05) is 22.5 Å². The molecule has 1 aliphatic rings. The second kappa shape index (κ2) is 7.69. The molecule has 1 aliphatic heterocycles. The summed E-state index contributed by atoms with van der Waals surface area (Å²) < 4.78 is 14.5. The van der Waals surface area contributed by atoms with Crippen LogP contribution in [-0.4, -0.2) is 22.6 Å². The number of aryl methyl sites for hydroxylation is 1. The molecule has 32 heavy (non-hydrogen) atoms. The van der Waals surface area contributed by atoms with Crippen molar-refractivity contribution in [3.8, 4) is 5.75 Å². The van der Waals surface area contributed by atoms with Crippen LogP contribution in [0, 0.1) is 12.7 Å². The standard InChI is InChI=1S/C24H19ClFN5O/c1-13-5-7-16-15(9-10-28-24(16)30-19-4-2-3-18(25)21(19)26)22(13)31-12-29-23(27)17-11-14(32)6-8-20(17)31/h2-11,32H,12H2,1H3,(H2,27,29)(H,28,30). The number of nitrogens with two attached hydrogens (primary N) is 1. The van der Waals surface area contributed by atoms with Crippen LogP contribution in [0.25, 0.3) is 10.8 Å². The molecule has 4 aromatic rings. The minimum absolute atomic E-state index is 0.0374. The highest BCUT2D eigenvalue weighted by Gasteiger charge is 2.24. The summed E-state index contributed by atoms with van der Waals surface area (Å²) in [6, 6.07) is 15.7. The number of phenols is 1. The molecule has 1 aromatic heterocycles. The lowest BCUT2D eigenvalue weighted by Gasteiger charge is -2.31. The van der Waals surface area contributed by atoms with Crippen molar-refractivity contribution in [1.29, 1.82) is 0 Å². The number of hydrogen-bond acceptors (Lipinski definition) is 6. The number of pyridine rings is 1. The van der Waals surface area contributed by atoms with E-state index in [-0.39, 0.29) is 16.5 Å². The van der Waals surface area contributed by atoms with Gasteiger partial charge in [0.05, 0.1) is 22.1 Å². The first-order valence-electron chi connectivity index (χ1n) is 9.94. The molecule has 0 saturated heterocycles. The maximum atomic E-state index is 14.5. The molecular formula is C24H19ClFN5O. The Morgan fingerprint density at radius 2 is 1.97 bits per heavy atom. The summed E-state index contributed by atoms with van der Waals surface area (Å²) in [4.78, 5) is 10.9. The third kappa shape index (κ3) is 3.27. The summed E-state index contributed by atoms with van der Waals surface area (Å²) in [6.45, 7) is 2.35. The molecule has 0 fully saturated rings. The van der Waals surface area contributed by atoms with Crippen molar-refractivity contribution in [1.82, 2.24) is 4.98 Å². The molecule has 0 amide bonds. The van der Waals surface area contributed by atoms with Gasteiger partial charge >= 0.3 is 0 Å². The summed E-state index contributed by atoms with van der Waals surface area (Å²) in [6.07, 6.45) is 1.68. The van der Waals surface area contributed by atoms with Crippen LogP contribution in [0.3, 0.4) is 0 Å². The highest BCUT2D eigenvalue weighted by atomic mass is 35.5. The zero-order valence-corrected chi connectivity index (χ0v) is 17.9. The van der Waals surface area contributed by atoms with E-state index in [2.05, 4.69) is 15.3 Å². The molecule has 2 heterocycles. The summed E-state index contributed by atoms with van der Waals surface area (Å²) in [7, 11) is 0. The smallest absolute Gasteiger partial charge is 0.165 e. The molecular weight excluding hydrogens is 429 g/mol. The van der Waals surface area contributed by atoms with Gasteiger partial charge in [-0.05, 0) is 48.9 Å². The number of amidine groups is 1. The van der Waals surface area contributed by atoms with Crippen molar-refractivity contribution in [2.75, 3.05) is 16.9 Å². The second-order valence-corrected chi connectivity index (χ2v) is 7.93. The predicted octanol–water partition coefficient (Wildman–Crippen LogP) is 5.60. The number of halogens is 2. The van der Waals surface area contributed by atoms with Gasteiger partial charge in [-0.1, -0.05) is 29.8 Å². The number of rotatable bonds is 3. The van der Waals surface area contributed by atoms with Gasteiger partial charge in [0.1, 0.15) is 24.1 Å². The maximum Gasteiger partial charge on any atom is 0.165 e. The Hall–Kier alpha value is -3.84. The van der Waals surface area contributed by atoms with Gasteiger partial charge in [-0.3, -0.25) is 0 Å². The largest absolute Gasteiger partial charge is 0.508 e. The van der Waals surface area contributed by atoms with Crippen molar-refractivity contribution in [2.24, 2.45) is 10.7 Å². The van der Waals surface area contributed by atoms with Gasteiger partial charge in [-0.2, -0.15) is 0 Å². The Morgan fingerprint density at radius 3 is 2.81 bits per heavy atom. The van der Waals surface area contributed by atoms with Crippen molar-refractivity contribution in [3.05, 3.63) is 82.8 Å². The number of aliphatic imine (C=N–C) groups is 1. The molecule has 0 saturated carbocycles. The van der Waals surface area contributed by atoms with Crippen molar-refractivity contribution in [3.63, 3.8) is 0 Å². The normalized spacial score (nSPS) is 13.1. The zero-order chi connectivity index (χ0) is 22.4. The molecule has 0 atom stereocenters. The Labute approximate surface area is 188 Å². The van der Waals surface area contributed by atoms with Gasteiger partial charge in [-0.25, -0.2) is 14.4 Å². The van der Waals surface area contributed by atoms with E-state index in [9.17, 15) is 9.50 Å². The van der Waals surface area contributed by atoms with Crippen LogP contribution in [0.5, 0.6) is 5.75 Å². The van der Waals surface area contributed by atoms with Crippen LogP contribution in [0.1, 0.15) is 11.1 Å². The molecule has 0 spiro atoms. The first-order chi connectivity index (χ1) is 15.4. The number of benzene rings is 3. The fraction of sp³-hybridized carbons (Fsp3) is 0.0833. The van der Waals surface area contributed by atoms with Gasteiger partial charge < -0.3 is 21.1 Å². The summed E-state index contributed by atoms with van der Waals surface area (Å²) in [5.74, 6) is 0.480. The first kappa shape index (κ1) is 20.1. The minimum Gasteiger partial charge on any atom is -0.508 e. The number of hydrogen-bond donors (Lipinski definition) is 3. The molecule has 0 unspecified atom stereocenters. The molecule has 8 heteroatoms. The first-order valence-corrected chi connectivity index (χ1v) is 10.3. The van der Waals surface area contributed by atoms with E-state index in [1.54, 1.807) is 30.5 Å². The molecule has 0 aliphatic carbocycles. The molecule has 0 radical (unpaired) electrons. The lowest BCUT2D eigenvalue weighted by atomic mass is 10.0. The third-order valence-electron chi connectivity index (χ3n) is 5.52. The highest BCUT2D eigenvalue weighted by Crippen LogP contribution is 2.41. The lowest BCUT2D eigenvalue weighted by molar-refractivity contribution is 0.475. The van der Waals surface area contributed by atoms with Gasteiger partial charge in [0.25, 0.3) is 0 Å². The van der Waals surface area contributed by atoms with Crippen LogP contribution < -0.4 is 16.0 Å². The Balaban J connectivity index is 1.67. The number of nitrogens with one attached hydrogen (secondary N) is 1. The Kier molecular flexibility index (Phi) is 4.83. The Bertz CT molecular complexity index is 1410. The number of nitrogens with zero attached hydrogens (tertiary/aromatic N) is 3. The zero-order valence-electron chi connectivity index (χ0n) is 17.1. The number of anilines is 4. The molecule has 6 nitrogen and oxygen atoms in total. The molecule has 4 N–H and O–H groups in total. The SMILES string of the molecule is Cc1ccc2c(Nc3cccc(Cl)c3F)nccc2c1N1CN=C(N)c2cc(O)ccc21. The van der Waals surface area contributed by atoms with Gasteiger partial charge in [-0.15, -0.1) is 0 Å². The van der Waals surface area contributed by atoms with Crippen LogP contribution in [-0.2, 0) is 0 Å². The van der Waals surface area contributed by atoms with E-state index in [1.165, 1.54) is 6.07 Å². The van der Waals surface area contributed by atoms with Crippen LogP contribution >= 0.6 is 11.6 Å². The molecule has 0 bridgehead atoms. The van der Waals surface area contributed by atoms with Gasteiger partial charge in [0.15, 0.2) is 5.82 Å². The molecule has 5 rings (SSSR count). The van der Waals surface area contributed by atoms with Crippen molar-refractivity contribution < 1.29 is 9.50 Å². The van der Waals surface area contributed by atoms with E-state index >= 15 is 0 Å². The second-order valence-electron chi connectivity index (χ2n) is 7.53. The average Bonchev–Trinajstić information content (AvgIpc) is 2.78. The number of aromatic nitrogens is 1. The molecule has 160 valence electrons. The summed E-state index contributed by atoms with van der Waals surface area (Å²) in [5, 5.41) is 14.8. The quantitative estimate of drug-likeness (QED) is 0.380. The lowest BCUT2D eigenvalue weighted by Crippen LogP contribution is -2.29. The number of fused-ring (bicyclic) bond motifs is 2. The summed E-state index contributed by atoms with van der Waals surface area (Å²) >= 11 is 5.93. The number of aromatic hydroxyl groups is 1. The fourth-order valence-electron chi connectivity index (χ4n) is 4.00. The van der Waals surface area contributed by atoms with E-state index in [4.69, 9.17) is 17.3 Å². The van der Waals surface area contributed by atoms with E-state index < -0.39 is 5.82 Å². The van der Waals surface area contributed by atoms with Crippen LogP contribution in [0.4, 0.5) is 27.3 Å². The summed E-state index contributed by atoms with van der Waals surface area (Å²) in [5.41, 5.74) is 9.81. The van der Waals surface area contributed by atoms with Gasteiger partial charge in [0.2, 0.25) is 0 Å². The van der Waals surface area contributed by atoms with Crippen LogP contribution in [0.2, 0.25) is 5.02 Å². The van der Waals surface area contributed by atoms with Crippen LogP contribution in [0.15, 0.2) is 65.8 Å². The van der Waals surface area contributed by atoms with E-state index in [0.29, 0.717) is 23.9 Å².